The van der Waals surface area contributed by atoms with Crippen LogP contribution in [0.5, 0.6) is 0 Å². The van der Waals surface area contributed by atoms with E-state index in [9.17, 15) is 9.59 Å². The van der Waals surface area contributed by atoms with Crippen LogP contribution in [-0.2, 0) is 29.1 Å². The summed E-state index contributed by atoms with van der Waals surface area (Å²) in [7, 11) is 1.56. The Balaban J connectivity index is 1.66. The fraction of sp³-hybridized carbons (Fsp3) is 0.250. The van der Waals surface area contributed by atoms with Crippen molar-refractivity contribution in [1.82, 2.24) is 19.7 Å². The van der Waals surface area contributed by atoms with Gasteiger partial charge >= 0.3 is 0 Å². The van der Waals surface area contributed by atoms with E-state index < -0.39 is 0 Å². The van der Waals surface area contributed by atoms with Gasteiger partial charge in [-0.1, -0.05) is 46.3 Å². The van der Waals surface area contributed by atoms with Gasteiger partial charge < -0.3 is 4.74 Å². The second-order valence-electron chi connectivity index (χ2n) is 6.60. The van der Waals surface area contributed by atoms with Crippen LogP contribution in [0.2, 0.25) is 0 Å². The molecule has 8 nitrogen and oxygen atoms in total. The second kappa shape index (κ2) is 9.35. The van der Waals surface area contributed by atoms with E-state index in [1.807, 2.05) is 24.3 Å². The fourth-order valence-corrected chi connectivity index (χ4v) is 5.24. The summed E-state index contributed by atoms with van der Waals surface area (Å²) in [5.41, 5.74) is 1.59. The number of amides is 1. The molecule has 0 saturated carbocycles. The highest BCUT2D eigenvalue weighted by molar-refractivity contribution is 9.10. The summed E-state index contributed by atoms with van der Waals surface area (Å²) in [6.45, 7) is 2.21. The van der Waals surface area contributed by atoms with E-state index in [0.29, 0.717) is 27.0 Å². The number of anilines is 1. The van der Waals surface area contributed by atoms with Gasteiger partial charge in [-0.3, -0.25) is 19.5 Å². The number of benzene rings is 1. The Kier molecular flexibility index (Phi) is 6.56. The molecule has 1 amide bonds. The van der Waals surface area contributed by atoms with Gasteiger partial charge in [0, 0.05) is 22.0 Å². The lowest BCUT2D eigenvalue weighted by Crippen LogP contribution is -2.27. The number of ether oxygens (including phenoxy) is 1. The van der Waals surface area contributed by atoms with Crippen molar-refractivity contribution in [1.29, 1.82) is 0 Å². The van der Waals surface area contributed by atoms with Crippen LogP contribution in [0.25, 0.3) is 21.3 Å². The number of fused-ring (bicyclic) bond motifs is 1. The lowest BCUT2D eigenvalue weighted by molar-refractivity contribution is -0.116. The third-order valence-corrected chi connectivity index (χ3v) is 7.08. The third-order valence-electron chi connectivity index (χ3n) is 4.50. The molecule has 4 rings (SSSR count). The van der Waals surface area contributed by atoms with Gasteiger partial charge in [0.2, 0.25) is 11.0 Å². The van der Waals surface area contributed by atoms with E-state index in [4.69, 9.17) is 4.74 Å². The van der Waals surface area contributed by atoms with E-state index in [1.54, 1.807) is 7.11 Å². The van der Waals surface area contributed by atoms with Crippen molar-refractivity contribution in [2.75, 3.05) is 12.4 Å². The van der Waals surface area contributed by atoms with Crippen LogP contribution in [-0.4, -0.2) is 32.8 Å². The van der Waals surface area contributed by atoms with Crippen molar-refractivity contribution in [3.05, 3.63) is 55.3 Å². The maximum atomic E-state index is 13.3. The molecule has 1 N–H and O–H groups in total. The number of carbonyl (C=O) groups excluding carboxylic acids is 1. The summed E-state index contributed by atoms with van der Waals surface area (Å²) in [5.74, 6) is -0.375. The molecule has 0 bridgehead atoms. The number of rotatable bonds is 7. The summed E-state index contributed by atoms with van der Waals surface area (Å²) in [6.07, 6.45) is 2.20. The number of hydrogen-bond donors (Lipinski definition) is 1. The largest absolute Gasteiger partial charge is 0.377 e. The molecule has 0 unspecified atom stereocenters. The maximum Gasteiger partial charge on any atom is 0.263 e. The van der Waals surface area contributed by atoms with E-state index in [1.165, 1.54) is 33.6 Å². The highest BCUT2D eigenvalue weighted by Gasteiger charge is 2.19. The first-order valence-electron chi connectivity index (χ1n) is 9.38. The maximum absolute atomic E-state index is 13.3. The van der Waals surface area contributed by atoms with Gasteiger partial charge in [-0.2, -0.15) is 0 Å². The Morgan fingerprint density at radius 3 is 2.71 bits per heavy atom. The van der Waals surface area contributed by atoms with Gasteiger partial charge in [0.25, 0.3) is 5.56 Å². The molecule has 1 aromatic carbocycles. The number of carbonyl (C=O) groups is 1. The zero-order valence-electron chi connectivity index (χ0n) is 16.7. The first kappa shape index (κ1) is 21.8. The standard InChI is InChI=1S/C20H18BrN5O3S2/c1-3-13-16(11-4-6-12(21)7-5-11)17-18(30-13)22-10-26(19(17)28)8-14(27)23-20-25-24-15(31-20)9-29-2/h4-7,10H,3,8-9H2,1-2H3,(H,23,25,27). The molecule has 0 saturated heterocycles. The first-order valence-corrected chi connectivity index (χ1v) is 11.8. The number of hydrogen-bond acceptors (Lipinski definition) is 8. The number of methoxy groups -OCH3 is 1. The molecule has 11 heteroatoms. The quantitative estimate of drug-likeness (QED) is 0.394. The van der Waals surface area contributed by atoms with Crippen LogP contribution in [0.4, 0.5) is 5.13 Å². The number of aromatic nitrogens is 4. The van der Waals surface area contributed by atoms with Gasteiger partial charge in [-0.25, -0.2) is 4.98 Å². The molecule has 160 valence electrons. The van der Waals surface area contributed by atoms with Crippen molar-refractivity contribution >= 4 is 59.9 Å². The van der Waals surface area contributed by atoms with E-state index in [0.717, 1.165) is 26.9 Å². The molecule has 4 aromatic rings. The SMILES string of the molecule is CCc1sc2ncn(CC(=O)Nc3nnc(COC)s3)c(=O)c2c1-c1ccc(Br)cc1. The Morgan fingerprint density at radius 2 is 2.00 bits per heavy atom. The van der Waals surface area contributed by atoms with Gasteiger partial charge in [-0.05, 0) is 24.1 Å². The Labute approximate surface area is 194 Å². The van der Waals surface area contributed by atoms with Gasteiger partial charge in [0.15, 0.2) is 0 Å². The highest BCUT2D eigenvalue weighted by atomic mass is 79.9. The number of halogens is 1. The molecule has 3 aromatic heterocycles. The van der Waals surface area contributed by atoms with E-state index in [2.05, 4.69) is 43.4 Å². The van der Waals surface area contributed by atoms with Crippen LogP contribution in [0, 0.1) is 0 Å². The minimum absolute atomic E-state index is 0.169. The zero-order chi connectivity index (χ0) is 22.0. The van der Waals surface area contributed by atoms with Crippen molar-refractivity contribution in [2.45, 2.75) is 26.5 Å². The molecular formula is C20H18BrN5O3S2. The van der Waals surface area contributed by atoms with Gasteiger partial charge in [0.1, 0.15) is 23.0 Å². The Morgan fingerprint density at radius 1 is 1.23 bits per heavy atom. The molecule has 0 aliphatic rings. The van der Waals surface area contributed by atoms with Crippen molar-refractivity contribution in [2.24, 2.45) is 0 Å². The Bertz CT molecular complexity index is 1300. The predicted octanol–water partition coefficient (Wildman–Crippen LogP) is 4.09. The molecule has 0 radical (unpaired) electrons. The second-order valence-corrected chi connectivity index (χ2v) is 9.66. The number of thiophene rings is 1. The average molecular weight is 520 g/mol. The monoisotopic (exact) mass is 519 g/mol. The zero-order valence-corrected chi connectivity index (χ0v) is 19.9. The fourth-order valence-electron chi connectivity index (χ4n) is 3.16. The van der Waals surface area contributed by atoms with Crippen LogP contribution in [0.15, 0.2) is 39.9 Å². The lowest BCUT2D eigenvalue weighted by atomic mass is 10.0. The predicted molar refractivity (Wildman–Crippen MR) is 126 cm³/mol. The lowest BCUT2D eigenvalue weighted by Gasteiger charge is -2.07. The van der Waals surface area contributed by atoms with Crippen LogP contribution < -0.4 is 10.9 Å². The minimum atomic E-state index is -0.375. The third kappa shape index (κ3) is 4.59. The number of aryl methyl sites for hydroxylation is 1. The molecule has 0 aliphatic carbocycles. The van der Waals surface area contributed by atoms with Gasteiger partial charge in [-0.15, -0.1) is 21.5 Å². The van der Waals surface area contributed by atoms with Crippen molar-refractivity contribution < 1.29 is 9.53 Å². The number of nitrogens with one attached hydrogen (secondary N) is 1. The molecule has 31 heavy (non-hydrogen) atoms. The number of nitrogens with zero attached hydrogens (tertiary/aromatic N) is 4. The topological polar surface area (TPSA) is 99.0 Å². The van der Waals surface area contributed by atoms with E-state index >= 15 is 0 Å². The van der Waals surface area contributed by atoms with Crippen molar-refractivity contribution in [3.8, 4) is 11.1 Å². The van der Waals surface area contributed by atoms with Crippen molar-refractivity contribution in [3.63, 3.8) is 0 Å². The first-order chi connectivity index (χ1) is 15.0. The highest BCUT2D eigenvalue weighted by Crippen LogP contribution is 2.36. The molecule has 0 aliphatic heterocycles. The summed E-state index contributed by atoms with van der Waals surface area (Å²) in [6, 6.07) is 7.84. The smallest absolute Gasteiger partial charge is 0.263 e. The minimum Gasteiger partial charge on any atom is -0.377 e. The van der Waals surface area contributed by atoms with Crippen LogP contribution in [0.3, 0.4) is 0 Å². The molecule has 0 spiro atoms. The summed E-state index contributed by atoms with van der Waals surface area (Å²) in [4.78, 5) is 32.0. The van der Waals surface area contributed by atoms with Gasteiger partial charge in [0.05, 0.1) is 11.7 Å². The summed E-state index contributed by atoms with van der Waals surface area (Å²) in [5, 5.41) is 12.1. The summed E-state index contributed by atoms with van der Waals surface area (Å²) < 4.78 is 7.29. The molecular weight excluding hydrogens is 502 g/mol. The summed E-state index contributed by atoms with van der Waals surface area (Å²) >= 11 is 6.18. The molecule has 0 atom stereocenters. The Hall–Kier alpha value is -2.47. The molecule has 0 fully saturated rings. The van der Waals surface area contributed by atoms with E-state index in [-0.39, 0.29) is 18.0 Å². The van der Waals surface area contributed by atoms with Crippen LogP contribution >= 0.6 is 38.6 Å². The average Bonchev–Trinajstić information content (AvgIpc) is 3.35. The molecule has 3 heterocycles. The normalized spacial score (nSPS) is 11.2. The van der Waals surface area contributed by atoms with Crippen LogP contribution in [0.1, 0.15) is 16.8 Å².